The molecule has 2 amide bonds. The summed E-state index contributed by atoms with van der Waals surface area (Å²) >= 11 is 9.31. The summed E-state index contributed by atoms with van der Waals surface area (Å²) in [5.41, 5.74) is 0.666. The average Bonchev–Trinajstić information content (AvgIpc) is 2.38. The van der Waals surface area contributed by atoms with Crippen molar-refractivity contribution in [2.45, 2.75) is 32.9 Å². The molecule has 20 heavy (non-hydrogen) atoms. The van der Waals surface area contributed by atoms with Gasteiger partial charge in [-0.05, 0) is 47.0 Å². The van der Waals surface area contributed by atoms with Gasteiger partial charge in [-0.15, -0.1) is 0 Å². The van der Waals surface area contributed by atoms with E-state index in [4.69, 9.17) is 11.6 Å². The Bertz CT molecular complexity index is 562. The molecule has 1 aromatic carbocycles. The number of nitrogens with zero attached hydrogens (tertiary/aromatic N) is 1. The monoisotopic (exact) mass is 358 g/mol. The van der Waals surface area contributed by atoms with Crippen molar-refractivity contribution in [3.05, 3.63) is 27.7 Å². The normalized spacial score (nSPS) is 23.2. The summed E-state index contributed by atoms with van der Waals surface area (Å²) in [4.78, 5) is 26.2. The van der Waals surface area contributed by atoms with Gasteiger partial charge >= 0.3 is 0 Å². The van der Waals surface area contributed by atoms with Gasteiger partial charge in [0.25, 0.3) is 5.91 Å². The van der Waals surface area contributed by atoms with Gasteiger partial charge in [-0.25, -0.2) is 0 Å². The lowest BCUT2D eigenvalue weighted by Gasteiger charge is -2.38. The fourth-order valence-electron chi connectivity index (χ4n) is 2.23. The molecule has 0 saturated carbocycles. The predicted molar refractivity (Wildman–Crippen MR) is 82.9 cm³/mol. The molecule has 108 valence electrons. The van der Waals surface area contributed by atoms with Crippen molar-refractivity contribution in [3.63, 3.8) is 0 Å². The second-order valence-electron chi connectivity index (χ2n) is 5.21. The highest BCUT2D eigenvalue weighted by atomic mass is 79.9. The zero-order valence-electron chi connectivity index (χ0n) is 11.5. The van der Waals surface area contributed by atoms with Crippen molar-refractivity contribution in [2.75, 3.05) is 4.90 Å². The van der Waals surface area contributed by atoms with E-state index in [9.17, 15) is 9.59 Å². The number of halogens is 2. The Morgan fingerprint density at radius 3 is 2.55 bits per heavy atom. The number of carbonyl (C=O) groups excluding carboxylic acids is 2. The first kappa shape index (κ1) is 15.3. The molecule has 1 aromatic rings. The third-order valence-corrected chi connectivity index (χ3v) is 4.63. The van der Waals surface area contributed by atoms with Gasteiger partial charge < -0.3 is 5.32 Å². The van der Waals surface area contributed by atoms with E-state index < -0.39 is 12.1 Å². The highest BCUT2D eigenvalue weighted by Gasteiger charge is 2.40. The predicted octanol–water partition coefficient (Wildman–Crippen LogP) is 2.98. The number of nitrogens with one attached hydrogen (secondary N) is 1. The number of hydrogen-bond donors (Lipinski definition) is 1. The Kier molecular flexibility index (Phi) is 4.39. The van der Waals surface area contributed by atoms with Crippen LogP contribution in [0.25, 0.3) is 0 Å². The summed E-state index contributed by atoms with van der Waals surface area (Å²) in [6.07, 6.45) is 0. The van der Waals surface area contributed by atoms with Crippen molar-refractivity contribution >= 4 is 45.0 Å². The van der Waals surface area contributed by atoms with E-state index in [2.05, 4.69) is 21.2 Å². The molecule has 1 aliphatic rings. The first-order valence-electron chi connectivity index (χ1n) is 6.41. The molecule has 0 aromatic heterocycles. The second-order valence-corrected chi connectivity index (χ2v) is 6.47. The molecule has 0 aliphatic carbocycles. The number of rotatable bonds is 2. The lowest BCUT2D eigenvalue weighted by molar-refractivity contribution is -0.134. The third kappa shape index (κ3) is 2.69. The molecule has 1 fully saturated rings. The summed E-state index contributed by atoms with van der Waals surface area (Å²) in [6, 6.07) is 4.18. The van der Waals surface area contributed by atoms with Crippen LogP contribution in [0.4, 0.5) is 5.69 Å². The highest BCUT2D eigenvalue weighted by Crippen LogP contribution is 2.30. The lowest BCUT2D eigenvalue weighted by atomic mass is 9.98. The first-order valence-corrected chi connectivity index (χ1v) is 7.58. The van der Waals surface area contributed by atoms with E-state index in [1.807, 2.05) is 13.8 Å². The quantitative estimate of drug-likeness (QED) is 0.882. The standard InChI is InChI=1S/C14H16BrClN2O2/c1-7(2)12-14(20)18(8(3)13(19)17-12)9-4-5-11(16)10(15)6-9/h4-8,12H,1-3H3,(H,17,19). The largest absolute Gasteiger partial charge is 0.342 e. The minimum atomic E-state index is -0.537. The van der Waals surface area contributed by atoms with Crippen LogP contribution in [-0.4, -0.2) is 23.9 Å². The molecule has 2 unspecified atom stereocenters. The summed E-state index contributed by atoms with van der Waals surface area (Å²) < 4.78 is 0.698. The van der Waals surface area contributed by atoms with Crippen LogP contribution < -0.4 is 10.2 Å². The molecule has 1 heterocycles. The van der Waals surface area contributed by atoms with Crippen LogP contribution in [0.5, 0.6) is 0 Å². The van der Waals surface area contributed by atoms with Crippen molar-refractivity contribution in [1.29, 1.82) is 0 Å². The Labute approximate surface area is 131 Å². The van der Waals surface area contributed by atoms with Crippen LogP contribution in [0.2, 0.25) is 5.02 Å². The van der Waals surface area contributed by atoms with Gasteiger partial charge in [0.15, 0.2) is 0 Å². The zero-order valence-corrected chi connectivity index (χ0v) is 13.8. The smallest absolute Gasteiger partial charge is 0.250 e. The number of benzene rings is 1. The Morgan fingerprint density at radius 1 is 1.35 bits per heavy atom. The van der Waals surface area contributed by atoms with Crippen LogP contribution >= 0.6 is 27.5 Å². The van der Waals surface area contributed by atoms with Crippen LogP contribution in [-0.2, 0) is 9.59 Å². The van der Waals surface area contributed by atoms with E-state index in [-0.39, 0.29) is 17.7 Å². The lowest BCUT2D eigenvalue weighted by Crippen LogP contribution is -2.64. The topological polar surface area (TPSA) is 49.4 Å². The molecule has 1 aliphatic heterocycles. The Hall–Kier alpha value is -1.07. The van der Waals surface area contributed by atoms with Crippen LogP contribution in [0.1, 0.15) is 20.8 Å². The van der Waals surface area contributed by atoms with Crippen LogP contribution in [0, 0.1) is 5.92 Å². The summed E-state index contributed by atoms with van der Waals surface area (Å²) in [7, 11) is 0. The van der Waals surface area contributed by atoms with Crippen molar-refractivity contribution < 1.29 is 9.59 Å². The molecule has 0 bridgehead atoms. The fourth-order valence-corrected chi connectivity index (χ4v) is 2.72. The van der Waals surface area contributed by atoms with Crippen LogP contribution in [0.15, 0.2) is 22.7 Å². The summed E-state index contributed by atoms with van der Waals surface area (Å²) in [5, 5.41) is 3.34. The summed E-state index contributed by atoms with van der Waals surface area (Å²) in [6.45, 7) is 5.54. The minimum absolute atomic E-state index is 0.0391. The second kappa shape index (κ2) is 5.74. The molecule has 4 nitrogen and oxygen atoms in total. The van der Waals surface area contributed by atoms with Gasteiger partial charge in [-0.3, -0.25) is 14.5 Å². The van der Waals surface area contributed by atoms with E-state index >= 15 is 0 Å². The van der Waals surface area contributed by atoms with Crippen molar-refractivity contribution in [2.24, 2.45) is 5.92 Å². The molecule has 1 N–H and O–H groups in total. The van der Waals surface area contributed by atoms with Gasteiger partial charge in [0, 0.05) is 10.2 Å². The van der Waals surface area contributed by atoms with E-state index in [0.717, 1.165) is 0 Å². The highest BCUT2D eigenvalue weighted by molar-refractivity contribution is 9.10. The average molecular weight is 360 g/mol. The fraction of sp³-hybridized carbons (Fsp3) is 0.429. The maximum atomic E-state index is 12.6. The molecular formula is C14H16BrClN2O2. The van der Waals surface area contributed by atoms with Gasteiger partial charge in [-0.2, -0.15) is 0 Å². The van der Waals surface area contributed by atoms with Crippen molar-refractivity contribution in [1.82, 2.24) is 5.32 Å². The third-order valence-electron chi connectivity index (χ3n) is 3.42. The van der Waals surface area contributed by atoms with E-state index in [0.29, 0.717) is 15.2 Å². The SMILES string of the molecule is CC(C)C1NC(=O)C(C)N(c2ccc(Cl)c(Br)c2)C1=O. The molecule has 2 rings (SSSR count). The Balaban J connectivity index is 2.43. The molecule has 0 spiro atoms. The number of anilines is 1. The van der Waals surface area contributed by atoms with E-state index in [1.54, 1.807) is 25.1 Å². The van der Waals surface area contributed by atoms with Gasteiger partial charge in [0.05, 0.1) is 5.02 Å². The molecule has 2 atom stereocenters. The number of carbonyl (C=O) groups is 2. The minimum Gasteiger partial charge on any atom is -0.342 e. The summed E-state index contributed by atoms with van der Waals surface area (Å²) in [5.74, 6) is -0.201. The van der Waals surface area contributed by atoms with Crippen molar-refractivity contribution in [3.8, 4) is 0 Å². The molecule has 6 heteroatoms. The maximum Gasteiger partial charge on any atom is 0.250 e. The van der Waals surface area contributed by atoms with E-state index in [1.165, 1.54) is 4.90 Å². The van der Waals surface area contributed by atoms with Gasteiger partial charge in [0.1, 0.15) is 12.1 Å². The number of hydrogen-bond acceptors (Lipinski definition) is 2. The number of piperazine rings is 1. The van der Waals surface area contributed by atoms with Gasteiger partial charge in [-0.1, -0.05) is 25.4 Å². The zero-order chi connectivity index (χ0) is 15.0. The number of amides is 2. The van der Waals surface area contributed by atoms with Crippen LogP contribution in [0.3, 0.4) is 0 Å². The molecule has 0 radical (unpaired) electrons. The maximum absolute atomic E-state index is 12.6. The Morgan fingerprint density at radius 2 is 2.00 bits per heavy atom. The molecular weight excluding hydrogens is 344 g/mol. The molecule has 1 saturated heterocycles. The van der Waals surface area contributed by atoms with Gasteiger partial charge in [0.2, 0.25) is 5.91 Å². The first-order chi connectivity index (χ1) is 9.32.